The molecule has 0 spiro atoms. The van der Waals surface area contributed by atoms with Gasteiger partial charge in [-0.1, -0.05) is 23.8 Å². The summed E-state index contributed by atoms with van der Waals surface area (Å²) in [5.74, 6) is 0.475. The predicted molar refractivity (Wildman–Crippen MR) is 92.6 cm³/mol. The molecule has 0 radical (unpaired) electrons. The summed E-state index contributed by atoms with van der Waals surface area (Å²) in [7, 11) is -3.78. The fraction of sp³-hybridized carbons (Fsp3) is 0.316. The quantitative estimate of drug-likeness (QED) is 0.885. The van der Waals surface area contributed by atoms with Gasteiger partial charge in [-0.05, 0) is 36.8 Å². The van der Waals surface area contributed by atoms with Crippen molar-refractivity contribution in [1.82, 2.24) is 0 Å². The molecule has 1 fully saturated rings. The number of aliphatic hydroxyl groups is 1. The zero-order chi connectivity index (χ0) is 18.5. The fourth-order valence-corrected chi connectivity index (χ4v) is 5.99. The number of nitriles is 1. The maximum atomic E-state index is 13.1. The Bertz CT molecular complexity index is 1010. The first kappa shape index (κ1) is 16.9. The van der Waals surface area contributed by atoms with E-state index in [1.165, 1.54) is 0 Å². The Morgan fingerprint density at radius 3 is 2.54 bits per heavy atom. The minimum atomic E-state index is -3.78. The first-order chi connectivity index (χ1) is 12.4. The van der Waals surface area contributed by atoms with Gasteiger partial charge in [0.2, 0.25) is 6.79 Å². The highest BCUT2D eigenvalue weighted by Gasteiger charge is 2.72. The van der Waals surface area contributed by atoms with Gasteiger partial charge in [0.1, 0.15) is 5.41 Å². The first-order valence-electron chi connectivity index (χ1n) is 8.16. The number of sulfone groups is 1. The van der Waals surface area contributed by atoms with E-state index in [0.717, 1.165) is 5.56 Å². The van der Waals surface area contributed by atoms with Crippen molar-refractivity contribution in [1.29, 1.82) is 5.26 Å². The number of aliphatic hydroxyl groups excluding tert-OH is 1. The molecular formula is C19H17NO5S. The van der Waals surface area contributed by atoms with Crippen LogP contribution in [0.2, 0.25) is 0 Å². The smallest absolute Gasteiger partial charge is 0.231 e. The number of aryl methyl sites for hydroxylation is 1. The second kappa shape index (κ2) is 5.73. The van der Waals surface area contributed by atoms with Gasteiger partial charge < -0.3 is 14.6 Å². The van der Waals surface area contributed by atoms with Gasteiger partial charge in [0.25, 0.3) is 0 Å². The van der Waals surface area contributed by atoms with Gasteiger partial charge in [-0.25, -0.2) is 8.42 Å². The standard InChI is InChI=1S/C19H17NO5S/c1-12-2-5-14(6-3-12)26(22,23)18-17(19(18,9-20)10-21)13-4-7-15-16(8-13)25-11-24-15/h2-8,17-18,21H,10-11H2,1H3/t17-,18-,19+/m0/s1. The molecule has 1 saturated carbocycles. The molecule has 7 heteroatoms. The monoisotopic (exact) mass is 371 g/mol. The summed E-state index contributed by atoms with van der Waals surface area (Å²) >= 11 is 0. The Balaban J connectivity index is 1.77. The van der Waals surface area contributed by atoms with Crippen molar-refractivity contribution in [3.05, 3.63) is 53.6 Å². The second-order valence-corrected chi connectivity index (χ2v) is 8.75. The minimum absolute atomic E-state index is 0.109. The Labute approximate surface area is 151 Å². The maximum Gasteiger partial charge on any atom is 0.231 e. The van der Waals surface area contributed by atoms with Crippen LogP contribution < -0.4 is 9.47 Å². The summed E-state index contributed by atoms with van der Waals surface area (Å²) in [4.78, 5) is 0.157. The van der Waals surface area contributed by atoms with Crippen LogP contribution in [0.15, 0.2) is 47.4 Å². The van der Waals surface area contributed by atoms with E-state index in [0.29, 0.717) is 17.1 Å². The van der Waals surface area contributed by atoms with Crippen molar-refractivity contribution >= 4 is 9.84 Å². The molecule has 3 atom stereocenters. The molecule has 4 rings (SSSR count). The van der Waals surface area contributed by atoms with Gasteiger partial charge >= 0.3 is 0 Å². The van der Waals surface area contributed by atoms with Crippen LogP contribution in [0.4, 0.5) is 0 Å². The van der Waals surface area contributed by atoms with E-state index in [2.05, 4.69) is 6.07 Å². The Morgan fingerprint density at radius 2 is 1.88 bits per heavy atom. The van der Waals surface area contributed by atoms with Crippen LogP contribution in [0.5, 0.6) is 11.5 Å². The van der Waals surface area contributed by atoms with Gasteiger partial charge in [0, 0.05) is 5.92 Å². The SMILES string of the molecule is Cc1ccc(S(=O)(=O)[C@H]2[C@H](c3ccc4c(c3)OCO4)[C@@]2(C#N)CO)cc1. The molecule has 0 unspecified atom stereocenters. The van der Waals surface area contributed by atoms with Crippen LogP contribution in [0, 0.1) is 23.7 Å². The molecule has 1 N–H and O–H groups in total. The average Bonchev–Trinajstić information content (AvgIpc) is 3.12. The van der Waals surface area contributed by atoms with Crippen molar-refractivity contribution in [2.45, 2.75) is 23.0 Å². The zero-order valence-electron chi connectivity index (χ0n) is 14.0. The first-order valence-corrected chi connectivity index (χ1v) is 9.71. The fourth-order valence-electron chi connectivity index (χ4n) is 3.67. The lowest BCUT2D eigenvalue weighted by molar-refractivity contribution is 0.174. The molecule has 0 saturated heterocycles. The van der Waals surface area contributed by atoms with E-state index >= 15 is 0 Å². The number of rotatable bonds is 4. The van der Waals surface area contributed by atoms with Gasteiger partial charge in [-0.2, -0.15) is 5.26 Å². The van der Waals surface area contributed by atoms with Crippen LogP contribution in [0.3, 0.4) is 0 Å². The molecule has 1 heterocycles. The van der Waals surface area contributed by atoms with Crippen molar-refractivity contribution in [2.75, 3.05) is 13.4 Å². The molecule has 1 aliphatic carbocycles. The average molecular weight is 371 g/mol. The minimum Gasteiger partial charge on any atom is -0.454 e. The second-order valence-electron chi connectivity index (χ2n) is 6.68. The van der Waals surface area contributed by atoms with Crippen LogP contribution in [-0.4, -0.2) is 32.2 Å². The molecule has 0 amide bonds. The number of hydrogen-bond acceptors (Lipinski definition) is 6. The third kappa shape index (κ3) is 2.30. The molecule has 2 aromatic carbocycles. The summed E-state index contributed by atoms with van der Waals surface area (Å²) in [6, 6.07) is 13.7. The number of ether oxygens (including phenoxy) is 2. The summed E-state index contributed by atoms with van der Waals surface area (Å²) in [5, 5.41) is 18.5. The molecule has 0 aromatic heterocycles. The Hall–Kier alpha value is -2.56. The van der Waals surface area contributed by atoms with E-state index in [-0.39, 0.29) is 11.7 Å². The highest BCUT2D eigenvalue weighted by Crippen LogP contribution is 2.64. The van der Waals surface area contributed by atoms with Gasteiger partial charge in [-0.15, -0.1) is 0 Å². The van der Waals surface area contributed by atoms with Crippen molar-refractivity contribution in [3.8, 4) is 17.6 Å². The highest BCUT2D eigenvalue weighted by molar-refractivity contribution is 7.92. The number of hydrogen-bond donors (Lipinski definition) is 1. The van der Waals surface area contributed by atoms with E-state index in [1.807, 2.05) is 6.92 Å². The summed E-state index contributed by atoms with van der Waals surface area (Å²) in [5.41, 5.74) is 0.226. The normalized spacial score (nSPS) is 26.3. The summed E-state index contributed by atoms with van der Waals surface area (Å²) in [6.07, 6.45) is 0. The molecule has 6 nitrogen and oxygen atoms in total. The predicted octanol–water partition coefficient (Wildman–Crippen LogP) is 2.17. The largest absolute Gasteiger partial charge is 0.454 e. The van der Waals surface area contributed by atoms with Crippen molar-refractivity contribution in [3.63, 3.8) is 0 Å². The molecule has 134 valence electrons. The third-order valence-corrected chi connectivity index (χ3v) is 7.46. The maximum absolute atomic E-state index is 13.1. The van der Waals surface area contributed by atoms with Crippen LogP contribution in [0.25, 0.3) is 0 Å². The van der Waals surface area contributed by atoms with Crippen LogP contribution in [-0.2, 0) is 9.84 Å². The van der Waals surface area contributed by atoms with E-state index < -0.39 is 33.0 Å². The number of benzene rings is 2. The van der Waals surface area contributed by atoms with Gasteiger partial charge in [0.15, 0.2) is 21.3 Å². The number of fused-ring (bicyclic) bond motifs is 1. The van der Waals surface area contributed by atoms with Crippen molar-refractivity contribution in [2.24, 2.45) is 5.41 Å². The lowest BCUT2D eigenvalue weighted by Gasteiger charge is -2.06. The lowest BCUT2D eigenvalue weighted by atomic mass is 10.0. The van der Waals surface area contributed by atoms with E-state index in [9.17, 15) is 18.8 Å². The molecule has 2 aromatic rings. The van der Waals surface area contributed by atoms with Crippen LogP contribution >= 0.6 is 0 Å². The van der Waals surface area contributed by atoms with Crippen LogP contribution in [0.1, 0.15) is 17.0 Å². The van der Waals surface area contributed by atoms with Crippen molar-refractivity contribution < 1.29 is 23.0 Å². The lowest BCUT2D eigenvalue weighted by Crippen LogP contribution is -2.18. The van der Waals surface area contributed by atoms with E-state index in [1.54, 1.807) is 42.5 Å². The topological polar surface area (TPSA) is 96.6 Å². The Kier molecular flexibility index (Phi) is 3.72. The molecule has 2 aliphatic rings. The third-order valence-electron chi connectivity index (χ3n) is 5.17. The Morgan fingerprint density at radius 1 is 1.19 bits per heavy atom. The zero-order valence-corrected chi connectivity index (χ0v) is 14.9. The van der Waals surface area contributed by atoms with Gasteiger partial charge in [-0.3, -0.25) is 0 Å². The molecule has 0 bridgehead atoms. The molecular weight excluding hydrogens is 354 g/mol. The van der Waals surface area contributed by atoms with Gasteiger partial charge in [0.05, 0.1) is 22.8 Å². The molecule has 1 aliphatic heterocycles. The molecule has 26 heavy (non-hydrogen) atoms. The summed E-state index contributed by atoms with van der Waals surface area (Å²) in [6.45, 7) is 1.45. The summed E-state index contributed by atoms with van der Waals surface area (Å²) < 4.78 is 36.9. The highest BCUT2D eigenvalue weighted by atomic mass is 32.2. The number of nitrogens with zero attached hydrogens (tertiary/aromatic N) is 1. The van der Waals surface area contributed by atoms with E-state index in [4.69, 9.17) is 9.47 Å².